The minimum Gasteiger partial charge on any atom is -0.445 e. The van der Waals surface area contributed by atoms with E-state index < -0.39 is 0 Å². The van der Waals surface area contributed by atoms with Crippen LogP contribution in [0.4, 0.5) is 0 Å². The van der Waals surface area contributed by atoms with Gasteiger partial charge in [-0.1, -0.05) is 0 Å². The highest BCUT2D eigenvalue weighted by atomic mass is 16.5. The zero-order valence-corrected chi connectivity index (χ0v) is 9.13. The minimum absolute atomic E-state index is 0.273. The minimum atomic E-state index is 0.273. The zero-order valence-electron chi connectivity index (χ0n) is 9.13. The van der Waals surface area contributed by atoms with Crippen molar-refractivity contribution in [1.29, 1.82) is 0 Å². The molecule has 1 aliphatic carbocycles. The van der Waals surface area contributed by atoms with Crippen molar-refractivity contribution in [2.24, 2.45) is 5.92 Å². The van der Waals surface area contributed by atoms with Gasteiger partial charge in [-0.25, -0.2) is 4.58 Å². The van der Waals surface area contributed by atoms with E-state index in [1.54, 1.807) is 0 Å². The van der Waals surface area contributed by atoms with Gasteiger partial charge in [0.15, 0.2) is 5.54 Å². The fraction of sp³-hybridized carbons (Fsp3) is 0.909. The Hall–Kier alpha value is -0.530. The first kappa shape index (κ1) is 9.04. The fourth-order valence-electron chi connectivity index (χ4n) is 2.17. The molecule has 0 bridgehead atoms. The predicted octanol–water partition coefficient (Wildman–Crippen LogP) is 2.02. The molecule has 13 heavy (non-hydrogen) atoms. The van der Waals surface area contributed by atoms with Crippen LogP contribution in [0.2, 0.25) is 0 Å². The first-order valence-corrected chi connectivity index (χ1v) is 5.28. The summed E-state index contributed by atoms with van der Waals surface area (Å²) in [6.07, 6.45) is 4.16. The standard InChI is InChI=1S/C11H20NO/c1-8-7-11(2,3)12(4)10(13-8)9-5-6-9/h8-9H,5-7H2,1-4H3/q+1. The van der Waals surface area contributed by atoms with E-state index >= 15 is 0 Å². The summed E-state index contributed by atoms with van der Waals surface area (Å²) in [6.45, 7) is 6.78. The summed E-state index contributed by atoms with van der Waals surface area (Å²) in [5.41, 5.74) is 0.273. The Morgan fingerprint density at radius 1 is 1.38 bits per heavy atom. The molecule has 2 nitrogen and oxygen atoms in total. The van der Waals surface area contributed by atoms with Gasteiger partial charge in [0.25, 0.3) is 0 Å². The van der Waals surface area contributed by atoms with Crippen molar-refractivity contribution in [1.82, 2.24) is 0 Å². The maximum absolute atomic E-state index is 5.90. The smallest absolute Gasteiger partial charge is 0.339 e. The number of hydrogen-bond acceptors (Lipinski definition) is 1. The van der Waals surface area contributed by atoms with Gasteiger partial charge < -0.3 is 4.74 Å². The number of hydrogen-bond donors (Lipinski definition) is 0. The van der Waals surface area contributed by atoms with Crippen molar-refractivity contribution in [3.63, 3.8) is 0 Å². The van der Waals surface area contributed by atoms with Gasteiger partial charge in [0.2, 0.25) is 0 Å². The Kier molecular flexibility index (Phi) is 1.90. The second-order valence-corrected chi connectivity index (χ2v) is 5.12. The summed E-state index contributed by atoms with van der Waals surface area (Å²) in [7, 11) is 2.17. The summed E-state index contributed by atoms with van der Waals surface area (Å²) in [6, 6.07) is 0. The lowest BCUT2D eigenvalue weighted by atomic mass is 9.95. The third-order valence-corrected chi connectivity index (χ3v) is 3.27. The first-order chi connectivity index (χ1) is 6.00. The molecule has 2 aliphatic rings. The predicted molar refractivity (Wildman–Crippen MR) is 53.2 cm³/mol. The average Bonchev–Trinajstić information content (AvgIpc) is 2.78. The van der Waals surface area contributed by atoms with Gasteiger partial charge in [0.05, 0.1) is 5.92 Å². The van der Waals surface area contributed by atoms with Crippen LogP contribution in [0.25, 0.3) is 0 Å². The van der Waals surface area contributed by atoms with E-state index in [4.69, 9.17) is 4.74 Å². The Balaban J connectivity index is 2.29. The van der Waals surface area contributed by atoms with Crippen LogP contribution < -0.4 is 0 Å². The van der Waals surface area contributed by atoms with Gasteiger partial charge >= 0.3 is 5.90 Å². The molecule has 2 rings (SSSR count). The van der Waals surface area contributed by atoms with Crippen LogP contribution in [0.15, 0.2) is 0 Å². The van der Waals surface area contributed by atoms with Gasteiger partial charge in [0.1, 0.15) is 13.2 Å². The highest BCUT2D eigenvalue weighted by Crippen LogP contribution is 2.35. The van der Waals surface area contributed by atoms with Crippen molar-refractivity contribution in [2.75, 3.05) is 7.05 Å². The van der Waals surface area contributed by atoms with Crippen molar-refractivity contribution in [3.05, 3.63) is 0 Å². The van der Waals surface area contributed by atoms with E-state index in [-0.39, 0.29) is 5.54 Å². The quantitative estimate of drug-likeness (QED) is 0.565. The van der Waals surface area contributed by atoms with E-state index in [9.17, 15) is 0 Å². The highest BCUT2D eigenvalue weighted by molar-refractivity contribution is 5.76. The van der Waals surface area contributed by atoms with Gasteiger partial charge in [-0.15, -0.1) is 0 Å². The first-order valence-electron chi connectivity index (χ1n) is 5.28. The van der Waals surface area contributed by atoms with Crippen LogP contribution in [-0.4, -0.2) is 29.2 Å². The van der Waals surface area contributed by atoms with Crippen LogP contribution in [0, 0.1) is 5.92 Å². The Bertz CT molecular complexity index is 251. The van der Waals surface area contributed by atoms with E-state index in [0.717, 1.165) is 12.3 Å². The van der Waals surface area contributed by atoms with Crippen LogP contribution >= 0.6 is 0 Å². The van der Waals surface area contributed by atoms with Crippen LogP contribution in [0.3, 0.4) is 0 Å². The lowest BCUT2D eigenvalue weighted by Crippen LogP contribution is -2.47. The molecule has 0 radical (unpaired) electrons. The number of nitrogens with zero attached hydrogens (tertiary/aromatic N) is 1. The molecule has 0 spiro atoms. The van der Waals surface area contributed by atoms with Gasteiger partial charge in [-0.3, -0.25) is 0 Å². The molecule has 0 saturated heterocycles. The van der Waals surface area contributed by atoms with E-state index in [1.165, 1.54) is 18.7 Å². The molecule has 1 fully saturated rings. The molecule has 0 aromatic rings. The zero-order chi connectivity index (χ0) is 9.64. The van der Waals surface area contributed by atoms with E-state index in [2.05, 4.69) is 32.4 Å². The lowest BCUT2D eigenvalue weighted by molar-refractivity contribution is -0.596. The summed E-state index contributed by atoms with van der Waals surface area (Å²) in [4.78, 5) is 0. The van der Waals surface area contributed by atoms with Gasteiger partial charge in [-0.2, -0.15) is 0 Å². The molecule has 0 amide bonds. The average molecular weight is 182 g/mol. The molecule has 0 aromatic carbocycles. The summed E-state index contributed by atoms with van der Waals surface area (Å²) in [5, 5.41) is 0. The molecule has 1 saturated carbocycles. The maximum atomic E-state index is 5.90. The lowest BCUT2D eigenvalue weighted by Gasteiger charge is -2.31. The molecule has 74 valence electrons. The van der Waals surface area contributed by atoms with Crippen LogP contribution in [0.5, 0.6) is 0 Å². The van der Waals surface area contributed by atoms with Gasteiger partial charge in [0, 0.05) is 20.3 Å². The third kappa shape index (κ3) is 1.59. The monoisotopic (exact) mass is 182 g/mol. The molecule has 1 aliphatic heterocycles. The molecule has 0 aromatic heterocycles. The van der Waals surface area contributed by atoms with E-state index in [1.807, 2.05) is 0 Å². The number of ether oxygens (including phenoxy) is 1. The van der Waals surface area contributed by atoms with Crippen molar-refractivity contribution in [3.8, 4) is 0 Å². The molecular weight excluding hydrogens is 162 g/mol. The summed E-state index contributed by atoms with van der Waals surface area (Å²) < 4.78 is 8.24. The van der Waals surface area contributed by atoms with Crippen molar-refractivity contribution < 1.29 is 9.31 Å². The molecule has 2 heteroatoms. The Labute approximate surface area is 80.6 Å². The topological polar surface area (TPSA) is 12.2 Å². The van der Waals surface area contributed by atoms with Crippen LogP contribution in [-0.2, 0) is 4.74 Å². The van der Waals surface area contributed by atoms with E-state index in [0.29, 0.717) is 6.10 Å². The molecule has 1 heterocycles. The Morgan fingerprint density at radius 3 is 2.54 bits per heavy atom. The van der Waals surface area contributed by atoms with Crippen molar-refractivity contribution >= 4 is 5.90 Å². The highest BCUT2D eigenvalue weighted by Gasteiger charge is 2.45. The van der Waals surface area contributed by atoms with Crippen molar-refractivity contribution in [2.45, 2.75) is 51.7 Å². The molecule has 0 N–H and O–H groups in total. The summed E-state index contributed by atoms with van der Waals surface area (Å²) in [5.74, 6) is 1.97. The largest absolute Gasteiger partial charge is 0.445 e. The summed E-state index contributed by atoms with van der Waals surface area (Å²) >= 11 is 0. The Morgan fingerprint density at radius 2 is 2.00 bits per heavy atom. The molecular formula is C11H20NO+. The third-order valence-electron chi connectivity index (χ3n) is 3.27. The maximum Gasteiger partial charge on any atom is 0.339 e. The number of rotatable bonds is 1. The SMILES string of the molecule is CC1CC(C)(C)[N+](C)=C(C2CC2)O1. The molecule has 1 unspecified atom stereocenters. The van der Waals surface area contributed by atoms with Gasteiger partial charge in [-0.05, 0) is 19.8 Å². The fourth-order valence-corrected chi connectivity index (χ4v) is 2.17. The molecule has 1 atom stereocenters. The second-order valence-electron chi connectivity index (χ2n) is 5.12. The van der Waals surface area contributed by atoms with Crippen LogP contribution in [0.1, 0.15) is 40.0 Å². The second kappa shape index (κ2) is 2.73. The normalized spacial score (nSPS) is 33.1.